The zero-order chi connectivity index (χ0) is 17.6. The second-order valence-electron chi connectivity index (χ2n) is 5.81. The van der Waals surface area contributed by atoms with Gasteiger partial charge >= 0.3 is 0 Å². The van der Waals surface area contributed by atoms with Gasteiger partial charge in [-0.25, -0.2) is 4.39 Å². The third-order valence-electron chi connectivity index (χ3n) is 4.40. The van der Waals surface area contributed by atoms with Gasteiger partial charge in [0.15, 0.2) is 5.11 Å². The van der Waals surface area contributed by atoms with Gasteiger partial charge in [-0.1, -0.05) is 12.1 Å². The van der Waals surface area contributed by atoms with Crippen LogP contribution in [-0.4, -0.2) is 34.8 Å². The molecule has 2 aliphatic heterocycles. The van der Waals surface area contributed by atoms with Gasteiger partial charge in [-0.3, -0.25) is 9.69 Å². The summed E-state index contributed by atoms with van der Waals surface area (Å²) in [7, 11) is 1.60. The van der Waals surface area contributed by atoms with E-state index in [0.29, 0.717) is 10.9 Å². The molecule has 0 bridgehead atoms. The minimum atomic E-state index is -0.283. The van der Waals surface area contributed by atoms with Crippen LogP contribution in [0.4, 0.5) is 10.1 Å². The number of ether oxygens (including phenoxy) is 1. The first-order chi connectivity index (χ1) is 12.1. The number of carbonyl (C=O) groups is 1. The molecule has 2 heterocycles. The van der Waals surface area contributed by atoms with Crippen molar-refractivity contribution in [3.05, 3.63) is 59.9 Å². The lowest BCUT2D eigenvalue weighted by atomic mass is 10.2. The number of fused-ring (bicyclic) bond motifs is 1. The first-order valence-corrected chi connectivity index (χ1v) is 9.23. The Morgan fingerprint density at radius 2 is 1.84 bits per heavy atom. The quantitative estimate of drug-likeness (QED) is 0.767. The Morgan fingerprint density at radius 3 is 2.48 bits per heavy atom. The van der Waals surface area contributed by atoms with Crippen LogP contribution in [0, 0.1) is 5.82 Å². The largest absolute Gasteiger partial charge is 0.497 e. The Morgan fingerprint density at radius 1 is 1.16 bits per heavy atom. The molecule has 0 saturated carbocycles. The van der Waals surface area contributed by atoms with Crippen molar-refractivity contribution in [3.8, 4) is 5.75 Å². The van der Waals surface area contributed by atoms with Crippen molar-refractivity contribution in [1.82, 2.24) is 4.90 Å². The first-order valence-electron chi connectivity index (χ1n) is 7.77. The number of hydrogen-bond donors (Lipinski definition) is 0. The summed E-state index contributed by atoms with van der Waals surface area (Å²) in [6, 6.07) is 13.3. The highest BCUT2D eigenvalue weighted by molar-refractivity contribution is 7.99. The molecule has 7 heteroatoms. The third kappa shape index (κ3) is 2.67. The second kappa shape index (κ2) is 6.31. The summed E-state index contributed by atoms with van der Waals surface area (Å²) >= 11 is 7.27. The summed E-state index contributed by atoms with van der Waals surface area (Å²) in [4.78, 5) is 16.4. The fourth-order valence-electron chi connectivity index (χ4n) is 3.14. The number of carbonyl (C=O) groups excluding carboxylic acids is 1. The normalized spacial score (nSPS) is 22.5. The maximum absolute atomic E-state index is 13.2. The van der Waals surface area contributed by atoms with E-state index in [0.717, 1.165) is 17.0 Å². The van der Waals surface area contributed by atoms with Gasteiger partial charge in [0.05, 0.1) is 12.8 Å². The zero-order valence-electron chi connectivity index (χ0n) is 13.4. The minimum Gasteiger partial charge on any atom is -0.497 e. The second-order valence-corrected chi connectivity index (χ2v) is 7.29. The highest BCUT2D eigenvalue weighted by atomic mass is 32.2. The van der Waals surface area contributed by atoms with E-state index in [4.69, 9.17) is 17.0 Å². The number of halogens is 1. The van der Waals surface area contributed by atoms with E-state index >= 15 is 0 Å². The van der Waals surface area contributed by atoms with Crippen LogP contribution >= 0.6 is 24.0 Å². The fourth-order valence-corrected chi connectivity index (χ4v) is 5.06. The molecule has 0 N–H and O–H groups in total. The molecular weight excluding hydrogens is 359 g/mol. The van der Waals surface area contributed by atoms with Crippen LogP contribution < -0.4 is 9.64 Å². The molecule has 4 rings (SSSR count). The fraction of sp³-hybridized carbons (Fsp3) is 0.222. The zero-order valence-corrected chi connectivity index (χ0v) is 15.0. The van der Waals surface area contributed by atoms with Gasteiger partial charge in [-0.2, -0.15) is 0 Å². The number of amides is 1. The lowest BCUT2D eigenvalue weighted by Crippen LogP contribution is -2.33. The summed E-state index contributed by atoms with van der Waals surface area (Å²) in [5.41, 5.74) is 1.67. The number of benzene rings is 2. The minimum absolute atomic E-state index is 0.0210. The molecule has 128 valence electrons. The van der Waals surface area contributed by atoms with Gasteiger partial charge in [0.25, 0.3) is 5.91 Å². The summed E-state index contributed by atoms with van der Waals surface area (Å²) in [6.07, 6.45) is 0. The molecule has 2 atom stereocenters. The molecule has 25 heavy (non-hydrogen) atoms. The molecule has 2 unspecified atom stereocenters. The van der Waals surface area contributed by atoms with Crippen LogP contribution in [0.2, 0.25) is 0 Å². The molecule has 4 nitrogen and oxygen atoms in total. The van der Waals surface area contributed by atoms with Gasteiger partial charge in [-0.05, 0) is 54.2 Å². The van der Waals surface area contributed by atoms with E-state index in [2.05, 4.69) is 0 Å². The maximum Gasteiger partial charge on any atom is 0.257 e. The van der Waals surface area contributed by atoms with Crippen molar-refractivity contribution in [3.63, 3.8) is 0 Å². The van der Waals surface area contributed by atoms with E-state index < -0.39 is 0 Å². The first kappa shape index (κ1) is 16.4. The monoisotopic (exact) mass is 374 g/mol. The van der Waals surface area contributed by atoms with Crippen LogP contribution in [0.25, 0.3) is 0 Å². The molecule has 0 aliphatic carbocycles. The Balaban J connectivity index is 1.65. The molecule has 0 aromatic heterocycles. The number of methoxy groups -OCH3 is 1. The molecule has 2 fully saturated rings. The summed E-state index contributed by atoms with van der Waals surface area (Å²) < 4.78 is 18.4. The van der Waals surface area contributed by atoms with Gasteiger partial charge in [-0.15, -0.1) is 11.8 Å². The van der Waals surface area contributed by atoms with Crippen molar-refractivity contribution >= 4 is 40.7 Å². The predicted octanol–water partition coefficient (Wildman–Crippen LogP) is 3.58. The Kier molecular flexibility index (Phi) is 4.13. The molecule has 1 amide bonds. The maximum atomic E-state index is 13.2. The van der Waals surface area contributed by atoms with Crippen molar-refractivity contribution in [2.24, 2.45) is 0 Å². The predicted molar refractivity (Wildman–Crippen MR) is 100 cm³/mol. The number of anilines is 1. The van der Waals surface area contributed by atoms with Gasteiger partial charge < -0.3 is 9.64 Å². The van der Waals surface area contributed by atoms with E-state index in [-0.39, 0.29) is 23.1 Å². The lowest BCUT2D eigenvalue weighted by molar-refractivity contribution is -0.119. The Hall–Kier alpha value is -2.12. The molecule has 2 aromatic carbocycles. The van der Waals surface area contributed by atoms with Crippen molar-refractivity contribution < 1.29 is 13.9 Å². The van der Waals surface area contributed by atoms with Gasteiger partial charge in [0, 0.05) is 5.75 Å². The molecular formula is C18H15FN2O2S2. The molecule has 2 aliphatic rings. The number of rotatable bonds is 3. The number of hydrogen-bond acceptors (Lipinski definition) is 4. The van der Waals surface area contributed by atoms with Gasteiger partial charge in [0.1, 0.15) is 23.0 Å². The smallest absolute Gasteiger partial charge is 0.257 e. The van der Waals surface area contributed by atoms with Crippen LogP contribution in [-0.2, 0) is 4.79 Å². The average molecular weight is 374 g/mol. The van der Waals surface area contributed by atoms with E-state index in [9.17, 15) is 9.18 Å². The van der Waals surface area contributed by atoms with Crippen LogP contribution in [0.1, 0.15) is 10.9 Å². The van der Waals surface area contributed by atoms with Crippen molar-refractivity contribution in [1.29, 1.82) is 0 Å². The van der Waals surface area contributed by atoms with Crippen LogP contribution in [0.3, 0.4) is 0 Å². The summed E-state index contributed by atoms with van der Waals surface area (Å²) in [6.45, 7) is 0. The van der Waals surface area contributed by atoms with Gasteiger partial charge in [0.2, 0.25) is 0 Å². The SMILES string of the molecule is COc1ccc(N2C(=O)C3CSC(c4ccc(F)cc4)N3C2=S)cc1. The topological polar surface area (TPSA) is 32.8 Å². The number of nitrogens with zero attached hydrogens (tertiary/aromatic N) is 2. The van der Waals surface area contributed by atoms with Crippen LogP contribution in [0.15, 0.2) is 48.5 Å². The highest BCUT2D eigenvalue weighted by Crippen LogP contribution is 2.46. The number of thiocarbonyl (C=S) groups is 1. The van der Waals surface area contributed by atoms with Crippen molar-refractivity contribution in [2.75, 3.05) is 17.8 Å². The van der Waals surface area contributed by atoms with E-state index in [1.165, 1.54) is 12.1 Å². The lowest BCUT2D eigenvalue weighted by Gasteiger charge is -2.25. The van der Waals surface area contributed by atoms with E-state index in [1.54, 1.807) is 48.0 Å². The molecule has 0 radical (unpaired) electrons. The van der Waals surface area contributed by atoms with Crippen molar-refractivity contribution in [2.45, 2.75) is 11.4 Å². The van der Waals surface area contributed by atoms with Crippen LogP contribution in [0.5, 0.6) is 5.75 Å². The Labute approximate surface area is 154 Å². The number of thioether (sulfide) groups is 1. The molecule has 2 aromatic rings. The summed E-state index contributed by atoms with van der Waals surface area (Å²) in [5, 5.41) is 0.407. The Bertz CT molecular complexity index is 826. The molecule has 0 spiro atoms. The standard InChI is InChI=1S/C18H15FN2O2S2/c1-23-14-8-6-13(7-9-14)20-16(22)15-10-25-17(21(15)18(20)24)11-2-4-12(19)5-3-11/h2-9,15,17H,10H2,1H3. The third-order valence-corrected chi connectivity index (χ3v) is 6.12. The van der Waals surface area contributed by atoms with E-state index in [1.807, 2.05) is 17.0 Å². The highest BCUT2D eigenvalue weighted by Gasteiger charge is 2.50. The summed E-state index contributed by atoms with van der Waals surface area (Å²) in [5.74, 6) is 1.09. The molecule has 2 saturated heterocycles. The average Bonchev–Trinajstić information content (AvgIpc) is 3.17.